The van der Waals surface area contributed by atoms with Gasteiger partial charge in [-0.2, -0.15) is 0 Å². The van der Waals surface area contributed by atoms with Crippen LogP contribution in [0.2, 0.25) is 0 Å². The smallest absolute Gasteiger partial charge is 0.409 e. The highest BCUT2D eigenvalue weighted by atomic mass is 16.6. The van der Waals surface area contributed by atoms with Crippen LogP contribution in [0.5, 0.6) is 0 Å². The van der Waals surface area contributed by atoms with Gasteiger partial charge in [0, 0.05) is 12.6 Å². The molecule has 1 aliphatic heterocycles. The lowest BCUT2D eigenvalue weighted by Crippen LogP contribution is -2.43. The number of carbonyl (C=O) groups excluding carboxylic acids is 1. The molecule has 0 aromatic carbocycles. The van der Waals surface area contributed by atoms with Crippen LogP contribution in [0.3, 0.4) is 0 Å². The molecular weight excluding hydrogens is 166 g/mol. The van der Waals surface area contributed by atoms with Crippen molar-refractivity contribution in [1.29, 1.82) is 0 Å². The minimum Gasteiger partial charge on any atom is -0.450 e. The van der Waals surface area contributed by atoms with Gasteiger partial charge in [0.15, 0.2) is 0 Å². The summed E-state index contributed by atoms with van der Waals surface area (Å²) in [5, 5.41) is 0. The first-order valence-electron chi connectivity index (χ1n) is 5.23. The molecular formula is C10H19NO2. The molecule has 1 amide bonds. The predicted octanol–water partition coefficient (Wildman–Crippen LogP) is 2.41. The Bertz CT molecular complexity index is 170. The van der Waals surface area contributed by atoms with Gasteiger partial charge in [0.2, 0.25) is 0 Å². The van der Waals surface area contributed by atoms with Crippen LogP contribution in [0.25, 0.3) is 0 Å². The number of nitrogens with zero attached hydrogens (tertiary/aromatic N) is 1. The van der Waals surface area contributed by atoms with Crippen molar-refractivity contribution in [1.82, 2.24) is 4.90 Å². The molecule has 0 aromatic heterocycles. The van der Waals surface area contributed by atoms with Crippen LogP contribution >= 0.6 is 0 Å². The number of carbonyl (C=O) groups is 1. The molecule has 1 fully saturated rings. The lowest BCUT2D eigenvalue weighted by Gasteiger charge is -2.34. The van der Waals surface area contributed by atoms with Crippen LogP contribution in [-0.4, -0.2) is 30.2 Å². The molecule has 0 unspecified atom stereocenters. The zero-order valence-electron chi connectivity index (χ0n) is 8.58. The van der Waals surface area contributed by atoms with E-state index in [4.69, 9.17) is 4.74 Å². The van der Waals surface area contributed by atoms with E-state index in [0.717, 1.165) is 25.8 Å². The Labute approximate surface area is 80.1 Å². The van der Waals surface area contributed by atoms with Crippen LogP contribution in [0, 0.1) is 0 Å². The standard InChI is InChI=1S/C10H19NO2/c1-3-9-7-5-6-8-11(9)10(12)13-4-2/h9H,3-8H2,1-2H3/t9-/m1/s1. The number of amides is 1. The van der Waals surface area contributed by atoms with Gasteiger partial charge in [0.05, 0.1) is 6.61 Å². The summed E-state index contributed by atoms with van der Waals surface area (Å²) in [4.78, 5) is 13.4. The maximum atomic E-state index is 11.5. The Morgan fingerprint density at radius 2 is 2.23 bits per heavy atom. The zero-order valence-corrected chi connectivity index (χ0v) is 8.58. The van der Waals surface area contributed by atoms with Crippen LogP contribution in [0.15, 0.2) is 0 Å². The first-order chi connectivity index (χ1) is 6.29. The minimum absolute atomic E-state index is 0.131. The highest BCUT2D eigenvalue weighted by Gasteiger charge is 2.25. The number of hydrogen-bond acceptors (Lipinski definition) is 2. The fourth-order valence-electron chi connectivity index (χ4n) is 1.87. The fourth-order valence-corrected chi connectivity index (χ4v) is 1.87. The molecule has 1 rings (SSSR count). The predicted molar refractivity (Wildman–Crippen MR) is 51.7 cm³/mol. The van der Waals surface area contributed by atoms with E-state index < -0.39 is 0 Å². The molecule has 0 bridgehead atoms. The van der Waals surface area contributed by atoms with E-state index in [1.54, 1.807) is 0 Å². The Kier molecular flexibility index (Phi) is 4.06. The van der Waals surface area contributed by atoms with Crippen molar-refractivity contribution < 1.29 is 9.53 Å². The van der Waals surface area contributed by atoms with Crippen molar-refractivity contribution in [2.45, 2.75) is 45.6 Å². The largest absolute Gasteiger partial charge is 0.450 e. The second-order valence-electron chi connectivity index (χ2n) is 3.45. The maximum absolute atomic E-state index is 11.5. The van der Waals surface area contributed by atoms with E-state index in [2.05, 4.69) is 6.92 Å². The molecule has 0 N–H and O–H groups in total. The van der Waals surface area contributed by atoms with Crippen LogP contribution in [-0.2, 0) is 4.74 Å². The van der Waals surface area contributed by atoms with Gasteiger partial charge in [-0.15, -0.1) is 0 Å². The summed E-state index contributed by atoms with van der Waals surface area (Å²) in [5.74, 6) is 0. The lowest BCUT2D eigenvalue weighted by atomic mass is 10.0. The van der Waals surface area contributed by atoms with E-state index in [-0.39, 0.29) is 6.09 Å². The van der Waals surface area contributed by atoms with Gasteiger partial charge in [-0.1, -0.05) is 6.92 Å². The van der Waals surface area contributed by atoms with E-state index >= 15 is 0 Å². The third-order valence-corrected chi connectivity index (χ3v) is 2.60. The summed E-state index contributed by atoms with van der Waals surface area (Å²) >= 11 is 0. The molecule has 0 aromatic rings. The van der Waals surface area contributed by atoms with Crippen molar-refractivity contribution in [3.63, 3.8) is 0 Å². The van der Waals surface area contributed by atoms with Crippen molar-refractivity contribution in [3.8, 4) is 0 Å². The number of likely N-dealkylation sites (tertiary alicyclic amines) is 1. The summed E-state index contributed by atoms with van der Waals surface area (Å²) in [6.45, 7) is 5.33. The Morgan fingerprint density at radius 3 is 2.85 bits per heavy atom. The van der Waals surface area contributed by atoms with Crippen LogP contribution in [0.4, 0.5) is 4.79 Å². The lowest BCUT2D eigenvalue weighted by molar-refractivity contribution is 0.0758. The Balaban J connectivity index is 2.48. The molecule has 1 atom stereocenters. The molecule has 0 spiro atoms. The highest BCUT2D eigenvalue weighted by Crippen LogP contribution is 2.19. The molecule has 0 aliphatic carbocycles. The van der Waals surface area contributed by atoms with Gasteiger partial charge < -0.3 is 9.64 Å². The van der Waals surface area contributed by atoms with E-state index in [1.165, 1.54) is 6.42 Å². The van der Waals surface area contributed by atoms with Crippen molar-refractivity contribution in [3.05, 3.63) is 0 Å². The molecule has 13 heavy (non-hydrogen) atoms. The molecule has 1 aliphatic rings. The average Bonchev–Trinajstić information content (AvgIpc) is 2.18. The molecule has 1 heterocycles. The number of hydrogen-bond donors (Lipinski definition) is 0. The fraction of sp³-hybridized carbons (Fsp3) is 0.900. The van der Waals surface area contributed by atoms with Gasteiger partial charge in [0.25, 0.3) is 0 Å². The molecule has 0 radical (unpaired) electrons. The monoisotopic (exact) mass is 185 g/mol. The van der Waals surface area contributed by atoms with Gasteiger partial charge in [0.1, 0.15) is 0 Å². The van der Waals surface area contributed by atoms with Crippen molar-refractivity contribution in [2.24, 2.45) is 0 Å². The molecule has 0 saturated carbocycles. The Morgan fingerprint density at radius 1 is 1.46 bits per heavy atom. The van der Waals surface area contributed by atoms with Crippen molar-refractivity contribution >= 4 is 6.09 Å². The highest BCUT2D eigenvalue weighted by molar-refractivity contribution is 5.68. The third kappa shape index (κ3) is 2.61. The van der Waals surface area contributed by atoms with Gasteiger partial charge in [-0.25, -0.2) is 4.79 Å². The second kappa shape index (κ2) is 5.10. The summed E-state index contributed by atoms with van der Waals surface area (Å²) in [6, 6.07) is 0.410. The normalized spacial score (nSPS) is 22.9. The zero-order chi connectivity index (χ0) is 9.68. The van der Waals surface area contributed by atoms with E-state index in [0.29, 0.717) is 12.6 Å². The van der Waals surface area contributed by atoms with E-state index in [9.17, 15) is 4.79 Å². The summed E-state index contributed by atoms with van der Waals surface area (Å²) in [5.41, 5.74) is 0. The first-order valence-corrected chi connectivity index (χ1v) is 5.23. The maximum Gasteiger partial charge on any atom is 0.409 e. The Hall–Kier alpha value is -0.730. The van der Waals surface area contributed by atoms with Crippen LogP contribution < -0.4 is 0 Å². The molecule has 1 saturated heterocycles. The van der Waals surface area contributed by atoms with Gasteiger partial charge in [-0.05, 0) is 32.6 Å². The summed E-state index contributed by atoms with van der Waals surface area (Å²) < 4.78 is 5.00. The SMILES string of the molecule is CCOC(=O)N1CCCC[C@H]1CC. The molecule has 3 nitrogen and oxygen atoms in total. The summed E-state index contributed by atoms with van der Waals surface area (Å²) in [6.07, 6.45) is 4.41. The molecule has 3 heteroatoms. The third-order valence-electron chi connectivity index (χ3n) is 2.60. The van der Waals surface area contributed by atoms with Crippen LogP contribution in [0.1, 0.15) is 39.5 Å². The van der Waals surface area contributed by atoms with Crippen molar-refractivity contribution in [2.75, 3.05) is 13.2 Å². The summed E-state index contributed by atoms with van der Waals surface area (Å²) in [7, 11) is 0. The second-order valence-corrected chi connectivity index (χ2v) is 3.45. The first kappa shape index (κ1) is 10.4. The number of piperidine rings is 1. The molecule has 76 valence electrons. The quantitative estimate of drug-likeness (QED) is 0.661. The van der Waals surface area contributed by atoms with E-state index in [1.807, 2.05) is 11.8 Å². The average molecular weight is 185 g/mol. The van der Waals surface area contributed by atoms with Gasteiger partial charge in [-0.3, -0.25) is 0 Å². The number of rotatable bonds is 2. The minimum atomic E-state index is -0.131. The topological polar surface area (TPSA) is 29.5 Å². The number of ether oxygens (including phenoxy) is 1. The van der Waals surface area contributed by atoms with Gasteiger partial charge >= 0.3 is 6.09 Å².